The van der Waals surface area contributed by atoms with Crippen LogP contribution in [-0.2, 0) is 9.53 Å². The summed E-state index contributed by atoms with van der Waals surface area (Å²) in [5.74, 6) is 0.884. The van der Waals surface area contributed by atoms with Gasteiger partial charge in [-0.1, -0.05) is 45.0 Å². The van der Waals surface area contributed by atoms with Gasteiger partial charge in [-0.05, 0) is 23.0 Å². The van der Waals surface area contributed by atoms with Crippen LogP contribution in [-0.4, -0.2) is 39.3 Å². The molecule has 0 aliphatic rings. The highest BCUT2D eigenvalue weighted by Gasteiger charge is 2.11. The minimum Gasteiger partial charge on any atom is -0.383 e. The first-order valence-corrected chi connectivity index (χ1v) is 8.10. The van der Waals surface area contributed by atoms with Gasteiger partial charge in [0.2, 0.25) is 5.91 Å². The molecule has 0 saturated heterocycles. The van der Waals surface area contributed by atoms with Crippen LogP contribution in [0.4, 0.5) is 0 Å². The molecule has 132 valence electrons. The van der Waals surface area contributed by atoms with Gasteiger partial charge in [-0.25, -0.2) is 0 Å². The molecule has 0 radical (unpaired) electrons. The summed E-state index contributed by atoms with van der Waals surface area (Å²) in [5.41, 5.74) is 2.56. The van der Waals surface area contributed by atoms with Crippen molar-refractivity contribution >= 4 is 18.3 Å². The lowest BCUT2D eigenvalue weighted by Gasteiger charge is -2.14. The molecule has 0 aliphatic carbocycles. The Labute approximate surface area is 146 Å². The molecule has 0 spiro atoms. The van der Waals surface area contributed by atoms with Crippen molar-refractivity contribution in [2.45, 2.75) is 39.0 Å². The summed E-state index contributed by atoms with van der Waals surface area (Å²) in [6, 6.07) is 8.60. The van der Waals surface area contributed by atoms with Crippen LogP contribution >= 0.6 is 12.4 Å². The van der Waals surface area contributed by atoms with Gasteiger partial charge in [-0.2, -0.15) is 0 Å². The summed E-state index contributed by atoms with van der Waals surface area (Å²) in [5, 5.41) is 6.15. The first-order valence-electron chi connectivity index (χ1n) is 8.10. The predicted molar refractivity (Wildman–Crippen MR) is 98.6 cm³/mol. The highest BCUT2D eigenvalue weighted by Crippen LogP contribution is 2.22. The molecule has 0 saturated carbocycles. The molecule has 1 rings (SSSR count). The van der Waals surface area contributed by atoms with Gasteiger partial charge in [-0.3, -0.25) is 4.79 Å². The number of methoxy groups -OCH3 is 1. The average Bonchev–Trinajstić information content (AvgIpc) is 2.50. The van der Waals surface area contributed by atoms with Gasteiger partial charge in [0, 0.05) is 33.2 Å². The zero-order valence-corrected chi connectivity index (χ0v) is 15.5. The number of halogens is 1. The van der Waals surface area contributed by atoms with E-state index >= 15 is 0 Å². The Hall–Kier alpha value is -1.10. The van der Waals surface area contributed by atoms with Crippen molar-refractivity contribution < 1.29 is 9.53 Å². The first-order chi connectivity index (χ1) is 10.5. The van der Waals surface area contributed by atoms with E-state index in [4.69, 9.17) is 4.74 Å². The van der Waals surface area contributed by atoms with Gasteiger partial charge in [0.05, 0.1) is 6.61 Å². The second kappa shape index (κ2) is 12.3. The molecule has 1 atom stereocenters. The third-order valence-electron chi connectivity index (χ3n) is 3.77. The standard InChI is InChI=1S/C18H30N2O2.ClH/c1-14(2)16-5-7-17(8-6-16)15(3)13-18(21)20-10-9-19-11-12-22-4;/h5-8,14-15,19H,9-13H2,1-4H3,(H,20,21);1H. The summed E-state index contributed by atoms with van der Waals surface area (Å²) < 4.78 is 4.94. The average molecular weight is 343 g/mol. The van der Waals surface area contributed by atoms with Crippen LogP contribution in [0.25, 0.3) is 0 Å². The first kappa shape index (κ1) is 21.9. The summed E-state index contributed by atoms with van der Waals surface area (Å²) in [6.45, 7) is 9.40. The summed E-state index contributed by atoms with van der Waals surface area (Å²) in [6.07, 6.45) is 0.527. The summed E-state index contributed by atoms with van der Waals surface area (Å²) >= 11 is 0. The summed E-state index contributed by atoms with van der Waals surface area (Å²) in [7, 11) is 1.68. The molecule has 23 heavy (non-hydrogen) atoms. The Morgan fingerprint density at radius 1 is 1.04 bits per heavy atom. The van der Waals surface area contributed by atoms with Crippen molar-refractivity contribution in [3.63, 3.8) is 0 Å². The maximum atomic E-state index is 11.9. The quantitative estimate of drug-likeness (QED) is 0.642. The topological polar surface area (TPSA) is 50.4 Å². The second-order valence-corrected chi connectivity index (χ2v) is 6.02. The summed E-state index contributed by atoms with van der Waals surface area (Å²) in [4.78, 5) is 11.9. The Kier molecular flexibility index (Phi) is 11.7. The van der Waals surface area contributed by atoms with Crippen LogP contribution in [0.3, 0.4) is 0 Å². The molecular formula is C18H31ClN2O2. The van der Waals surface area contributed by atoms with Gasteiger partial charge in [0.25, 0.3) is 0 Å². The van der Waals surface area contributed by atoms with E-state index in [9.17, 15) is 4.79 Å². The van der Waals surface area contributed by atoms with Crippen LogP contribution in [0.2, 0.25) is 0 Å². The Morgan fingerprint density at radius 3 is 2.22 bits per heavy atom. The molecule has 1 amide bonds. The molecule has 4 nitrogen and oxygen atoms in total. The minimum atomic E-state index is 0. The monoisotopic (exact) mass is 342 g/mol. The van der Waals surface area contributed by atoms with E-state index in [2.05, 4.69) is 55.7 Å². The highest BCUT2D eigenvalue weighted by molar-refractivity contribution is 5.85. The fraction of sp³-hybridized carbons (Fsp3) is 0.611. The van der Waals surface area contributed by atoms with E-state index in [1.165, 1.54) is 11.1 Å². The molecule has 1 aromatic rings. The van der Waals surface area contributed by atoms with Crippen molar-refractivity contribution in [1.29, 1.82) is 0 Å². The number of amides is 1. The molecular weight excluding hydrogens is 312 g/mol. The maximum Gasteiger partial charge on any atom is 0.220 e. The molecule has 1 unspecified atom stereocenters. The van der Waals surface area contributed by atoms with E-state index in [0.717, 1.165) is 13.1 Å². The second-order valence-electron chi connectivity index (χ2n) is 6.02. The maximum absolute atomic E-state index is 11.9. The minimum absolute atomic E-state index is 0. The van der Waals surface area contributed by atoms with Crippen molar-refractivity contribution in [1.82, 2.24) is 10.6 Å². The molecule has 1 aromatic carbocycles. The van der Waals surface area contributed by atoms with E-state index in [1.807, 2.05) is 0 Å². The van der Waals surface area contributed by atoms with E-state index < -0.39 is 0 Å². The molecule has 0 heterocycles. The van der Waals surface area contributed by atoms with Gasteiger partial charge in [0.1, 0.15) is 0 Å². The zero-order valence-electron chi connectivity index (χ0n) is 14.7. The molecule has 0 aromatic heterocycles. The predicted octanol–water partition coefficient (Wildman–Crippen LogP) is 3.08. The van der Waals surface area contributed by atoms with Crippen LogP contribution in [0.1, 0.15) is 50.2 Å². The lowest BCUT2D eigenvalue weighted by molar-refractivity contribution is -0.121. The van der Waals surface area contributed by atoms with Gasteiger partial charge in [0.15, 0.2) is 0 Å². The number of rotatable bonds is 10. The SMILES string of the molecule is COCCNCCNC(=O)CC(C)c1ccc(C(C)C)cc1.Cl. The molecule has 0 aliphatic heterocycles. The molecule has 0 fully saturated rings. The van der Waals surface area contributed by atoms with E-state index in [0.29, 0.717) is 25.5 Å². The number of hydrogen-bond acceptors (Lipinski definition) is 3. The number of nitrogens with one attached hydrogen (secondary N) is 2. The van der Waals surface area contributed by atoms with Crippen LogP contribution in [0, 0.1) is 0 Å². The van der Waals surface area contributed by atoms with Gasteiger partial charge in [-0.15, -0.1) is 12.4 Å². The zero-order chi connectivity index (χ0) is 16.4. The van der Waals surface area contributed by atoms with Crippen molar-refractivity contribution in [3.05, 3.63) is 35.4 Å². The van der Waals surface area contributed by atoms with Crippen molar-refractivity contribution in [2.24, 2.45) is 0 Å². The molecule has 0 bridgehead atoms. The number of carbonyl (C=O) groups excluding carboxylic acids is 1. The molecule has 5 heteroatoms. The Balaban J connectivity index is 0.00000484. The highest BCUT2D eigenvalue weighted by atomic mass is 35.5. The number of carbonyl (C=O) groups is 1. The van der Waals surface area contributed by atoms with Crippen molar-refractivity contribution in [2.75, 3.05) is 33.4 Å². The van der Waals surface area contributed by atoms with E-state index in [-0.39, 0.29) is 24.2 Å². The number of ether oxygens (including phenoxy) is 1. The van der Waals surface area contributed by atoms with Crippen LogP contribution < -0.4 is 10.6 Å². The smallest absolute Gasteiger partial charge is 0.220 e. The Bertz CT molecular complexity index is 435. The van der Waals surface area contributed by atoms with Crippen molar-refractivity contribution in [3.8, 4) is 0 Å². The third kappa shape index (κ3) is 8.94. The van der Waals surface area contributed by atoms with Gasteiger partial charge >= 0.3 is 0 Å². The van der Waals surface area contributed by atoms with E-state index in [1.54, 1.807) is 7.11 Å². The Morgan fingerprint density at radius 2 is 1.65 bits per heavy atom. The lowest BCUT2D eigenvalue weighted by Crippen LogP contribution is -2.33. The fourth-order valence-electron chi connectivity index (χ4n) is 2.27. The van der Waals surface area contributed by atoms with Crippen LogP contribution in [0.15, 0.2) is 24.3 Å². The largest absolute Gasteiger partial charge is 0.383 e. The normalized spacial score (nSPS) is 11.9. The molecule has 2 N–H and O–H groups in total. The number of hydrogen-bond donors (Lipinski definition) is 2. The number of benzene rings is 1. The lowest BCUT2D eigenvalue weighted by atomic mass is 9.94. The van der Waals surface area contributed by atoms with Crippen LogP contribution in [0.5, 0.6) is 0 Å². The van der Waals surface area contributed by atoms with Gasteiger partial charge < -0.3 is 15.4 Å². The third-order valence-corrected chi connectivity index (χ3v) is 3.77. The fourth-order valence-corrected chi connectivity index (χ4v) is 2.27.